The Morgan fingerprint density at radius 1 is 1.41 bits per heavy atom. The molecule has 0 spiro atoms. The van der Waals surface area contributed by atoms with Crippen LogP contribution in [0.5, 0.6) is 5.75 Å². The third-order valence-electron chi connectivity index (χ3n) is 3.14. The van der Waals surface area contributed by atoms with Gasteiger partial charge in [-0.15, -0.1) is 0 Å². The fraction of sp³-hybridized carbons (Fsp3) is 0.571. The van der Waals surface area contributed by atoms with Crippen molar-refractivity contribution in [2.45, 2.75) is 39.2 Å². The van der Waals surface area contributed by atoms with Gasteiger partial charge in [0, 0.05) is 11.1 Å². The van der Waals surface area contributed by atoms with E-state index in [2.05, 4.69) is 19.2 Å². The Morgan fingerprint density at radius 2 is 2.18 bits per heavy atom. The Bertz CT molecular complexity index is 374. The first kappa shape index (κ1) is 12.6. The zero-order chi connectivity index (χ0) is 12.3. The summed E-state index contributed by atoms with van der Waals surface area (Å²) in [7, 11) is 0. The van der Waals surface area contributed by atoms with Crippen LogP contribution < -0.4 is 10.1 Å². The lowest BCUT2D eigenvalue weighted by Gasteiger charge is -2.34. The molecule has 0 unspecified atom stereocenters. The SMILES string of the molecule is CCCOc1ccc(Cl)cc1NC1CC(C)C1. The highest BCUT2D eigenvalue weighted by atomic mass is 35.5. The van der Waals surface area contributed by atoms with Gasteiger partial charge < -0.3 is 10.1 Å². The highest BCUT2D eigenvalue weighted by molar-refractivity contribution is 6.30. The zero-order valence-electron chi connectivity index (χ0n) is 10.5. The molecule has 2 rings (SSSR count). The molecule has 0 heterocycles. The maximum absolute atomic E-state index is 6.03. The Labute approximate surface area is 108 Å². The number of anilines is 1. The van der Waals surface area contributed by atoms with Gasteiger partial charge in [0.1, 0.15) is 5.75 Å². The first-order chi connectivity index (χ1) is 8.19. The van der Waals surface area contributed by atoms with Crippen LogP contribution in [0.1, 0.15) is 33.1 Å². The second-order valence-electron chi connectivity index (χ2n) is 4.91. The Morgan fingerprint density at radius 3 is 2.82 bits per heavy atom. The van der Waals surface area contributed by atoms with Crippen LogP contribution >= 0.6 is 11.6 Å². The Balaban J connectivity index is 2.04. The van der Waals surface area contributed by atoms with E-state index in [9.17, 15) is 0 Å². The minimum Gasteiger partial charge on any atom is -0.491 e. The molecule has 0 saturated heterocycles. The predicted molar refractivity (Wildman–Crippen MR) is 73.0 cm³/mol. The van der Waals surface area contributed by atoms with E-state index in [0.29, 0.717) is 6.04 Å². The highest BCUT2D eigenvalue weighted by Gasteiger charge is 2.25. The van der Waals surface area contributed by atoms with E-state index < -0.39 is 0 Å². The lowest BCUT2D eigenvalue weighted by atomic mass is 9.82. The number of nitrogens with one attached hydrogen (secondary N) is 1. The summed E-state index contributed by atoms with van der Waals surface area (Å²) in [5.41, 5.74) is 1.03. The maximum Gasteiger partial charge on any atom is 0.142 e. The summed E-state index contributed by atoms with van der Waals surface area (Å²) in [6.07, 6.45) is 3.49. The molecule has 1 saturated carbocycles. The van der Waals surface area contributed by atoms with Crippen molar-refractivity contribution in [1.82, 2.24) is 0 Å². The van der Waals surface area contributed by atoms with Gasteiger partial charge in [0.2, 0.25) is 0 Å². The number of hydrogen-bond acceptors (Lipinski definition) is 2. The van der Waals surface area contributed by atoms with Crippen molar-refractivity contribution in [2.24, 2.45) is 5.92 Å². The Kier molecular flexibility index (Phi) is 4.16. The standard InChI is InChI=1S/C14H20ClNO/c1-3-6-17-14-5-4-11(15)9-13(14)16-12-7-10(2)8-12/h4-5,9-10,12,16H,3,6-8H2,1-2H3. The van der Waals surface area contributed by atoms with Gasteiger partial charge in [0.25, 0.3) is 0 Å². The summed E-state index contributed by atoms with van der Waals surface area (Å²) in [6.45, 7) is 5.14. The molecule has 0 aromatic heterocycles. The van der Waals surface area contributed by atoms with Crippen LogP contribution in [0.3, 0.4) is 0 Å². The van der Waals surface area contributed by atoms with Crippen molar-refractivity contribution in [3.05, 3.63) is 23.2 Å². The van der Waals surface area contributed by atoms with Crippen LogP contribution in [0.25, 0.3) is 0 Å². The molecular formula is C14H20ClNO. The molecule has 1 aliphatic carbocycles. The van der Waals surface area contributed by atoms with E-state index in [1.54, 1.807) is 0 Å². The smallest absolute Gasteiger partial charge is 0.142 e. The summed E-state index contributed by atoms with van der Waals surface area (Å²) in [5, 5.41) is 4.27. The van der Waals surface area contributed by atoms with Crippen molar-refractivity contribution in [3.8, 4) is 5.75 Å². The number of halogens is 1. The molecule has 2 nitrogen and oxygen atoms in total. The third kappa shape index (κ3) is 3.29. The first-order valence-electron chi connectivity index (χ1n) is 6.38. The fourth-order valence-electron chi connectivity index (χ4n) is 2.19. The van der Waals surface area contributed by atoms with Gasteiger partial charge in [0.05, 0.1) is 12.3 Å². The monoisotopic (exact) mass is 253 g/mol. The molecular weight excluding hydrogens is 234 g/mol. The van der Waals surface area contributed by atoms with Gasteiger partial charge in [-0.1, -0.05) is 25.4 Å². The summed E-state index contributed by atoms with van der Waals surface area (Å²) in [6, 6.07) is 6.35. The summed E-state index contributed by atoms with van der Waals surface area (Å²) < 4.78 is 5.72. The van der Waals surface area contributed by atoms with E-state index in [1.807, 2.05) is 18.2 Å². The molecule has 3 heteroatoms. The molecule has 0 bridgehead atoms. The normalized spacial score (nSPS) is 23.0. The topological polar surface area (TPSA) is 21.3 Å². The van der Waals surface area contributed by atoms with Crippen LogP contribution in [0, 0.1) is 5.92 Å². The molecule has 1 fully saturated rings. The van der Waals surface area contributed by atoms with E-state index in [-0.39, 0.29) is 0 Å². The Hall–Kier alpha value is -0.890. The lowest BCUT2D eigenvalue weighted by molar-refractivity contribution is 0.302. The molecule has 1 aliphatic rings. The van der Waals surface area contributed by atoms with Crippen LogP contribution in [-0.4, -0.2) is 12.6 Å². The average molecular weight is 254 g/mol. The van der Waals surface area contributed by atoms with Gasteiger partial charge in [-0.3, -0.25) is 0 Å². The molecule has 17 heavy (non-hydrogen) atoms. The number of benzene rings is 1. The first-order valence-corrected chi connectivity index (χ1v) is 6.75. The van der Waals surface area contributed by atoms with Crippen LogP contribution in [0.2, 0.25) is 5.02 Å². The van der Waals surface area contributed by atoms with Crippen molar-refractivity contribution in [2.75, 3.05) is 11.9 Å². The van der Waals surface area contributed by atoms with E-state index in [4.69, 9.17) is 16.3 Å². The molecule has 0 aliphatic heterocycles. The molecule has 0 radical (unpaired) electrons. The largest absolute Gasteiger partial charge is 0.491 e. The maximum atomic E-state index is 6.03. The second kappa shape index (κ2) is 5.63. The minimum absolute atomic E-state index is 0.576. The van der Waals surface area contributed by atoms with Crippen molar-refractivity contribution in [3.63, 3.8) is 0 Å². The fourth-order valence-corrected chi connectivity index (χ4v) is 2.37. The van der Waals surface area contributed by atoms with Crippen molar-refractivity contribution in [1.29, 1.82) is 0 Å². The van der Waals surface area contributed by atoms with Crippen LogP contribution in [0.15, 0.2) is 18.2 Å². The molecule has 1 aromatic rings. The van der Waals surface area contributed by atoms with Crippen molar-refractivity contribution >= 4 is 17.3 Å². The molecule has 1 aromatic carbocycles. The lowest BCUT2D eigenvalue weighted by Crippen LogP contribution is -2.33. The zero-order valence-corrected chi connectivity index (χ0v) is 11.3. The summed E-state index contributed by atoms with van der Waals surface area (Å²) in [5.74, 6) is 1.75. The second-order valence-corrected chi connectivity index (χ2v) is 5.34. The highest BCUT2D eigenvalue weighted by Crippen LogP contribution is 2.34. The molecule has 1 N–H and O–H groups in total. The summed E-state index contributed by atoms with van der Waals surface area (Å²) in [4.78, 5) is 0. The number of hydrogen-bond donors (Lipinski definition) is 1. The van der Waals surface area contributed by atoms with Gasteiger partial charge in [-0.2, -0.15) is 0 Å². The predicted octanol–water partition coefficient (Wildman–Crippen LogP) is 4.34. The van der Waals surface area contributed by atoms with E-state index in [0.717, 1.165) is 35.4 Å². The van der Waals surface area contributed by atoms with E-state index in [1.165, 1.54) is 12.8 Å². The van der Waals surface area contributed by atoms with Crippen LogP contribution in [0.4, 0.5) is 5.69 Å². The van der Waals surface area contributed by atoms with E-state index >= 15 is 0 Å². The van der Waals surface area contributed by atoms with Gasteiger partial charge in [-0.25, -0.2) is 0 Å². The number of ether oxygens (including phenoxy) is 1. The molecule has 0 amide bonds. The third-order valence-corrected chi connectivity index (χ3v) is 3.37. The van der Waals surface area contributed by atoms with Gasteiger partial charge >= 0.3 is 0 Å². The molecule has 94 valence electrons. The molecule has 0 atom stereocenters. The quantitative estimate of drug-likeness (QED) is 0.843. The van der Waals surface area contributed by atoms with Gasteiger partial charge in [-0.05, 0) is 43.4 Å². The average Bonchev–Trinajstić information content (AvgIpc) is 2.26. The minimum atomic E-state index is 0.576. The van der Waals surface area contributed by atoms with Gasteiger partial charge in [0.15, 0.2) is 0 Å². The van der Waals surface area contributed by atoms with Crippen molar-refractivity contribution < 1.29 is 4.74 Å². The number of rotatable bonds is 5. The summed E-state index contributed by atoms with van der Waals surface area (Å²) >= 11 is 6.03. The van der Waals surface area contributed by atoms with Crippen LogP contribution in [-0.2, 0) is 0 Å².